The summed E-state index contributed by atoms with van der Waals surface area (Å²) >= 11 is 0. The number of likely N-dealkylation sites (N-methyl/N-ethyl adjacent to an activating group) is 1. The number of rotatable bonds is 7. The van der Waals surface area contributed by atoms with Crippen LogP contribution in [0.2, 0.25) is 0 Å². The topological polar surface area (TPSA) is 29.3 Å². The third-order valence-corrected chi connectivity index (χ3v) is 3.35. The van der Waals surface area contributed by atoms with Crippen LogP contribution >= 0.6 is 0 Å². The molecule has 86 valence electrons. The van der Waals surface area contributed by atoms with Crippen LogP contribution in [0.5, 0.6) is 0 Å². The first-order valence-corrected chi connectivity index (χ1v) is 5.96. The molecule has 0 saturated heterocycles. The predicted octanol–water partition coefficient (Wildman–Crippen LogP) is 2.48. The third-order valence-electron chi connectivity index (χ3n) is 3.35. The second-order valence-corrected chi connectivity index (χ2v) is 4.68. The molecule has 0 fully saturated rings. The van der Waals surface area contributed by atoms with Crippen LogP contribution in [0.3, 0.4) is 0 Å². The molecule has 0 bridgehead atoms. The minimum Gasteiger partial charge on any atom is -0.329 e. The molecule has 2 atom stereocenters. The molecule has 0 radical (unpaired) electrons. The highest BCUT2D eigenvalue weighted by Crippen LogP contribution is 2.14. The van der Waals surface area contributed by atoms with Crippen molar-refractivity contribution < 1.29 is 0 Å². The first-order valence-electron chi connectivity index (χ1n) is 5.96. The van der Waals surface area contributed by atoms with Gasteiger partial charge in [0.25, 0.3) is 0 Å². The van der Waals surface area contributed by atoms with Gasteiger partial charge in [-0.3, -0.25) is 4.90 Å². The number of hydrogen-bond acceptors (Lipinski definition) is 2. The molecule has 0 rings (SSSR count). The molecular formula is C12H28N2. The summed E-state index contributed by atoms with van der Waals surface area (Å²) in [6.07, 6.45) is 3.79. The molecule has 14 heavy (non-hydrogen) atoms. The Morgan fingerprint density at radius 2 is 1.79 bits per heavy atom. The van der Waals surface area contributed by atoms with Crippen molar-refractivity contribution in [2.24, 2.45) is 11.7 Å². The number of nitrogens with zero attached hydrogens (tertiary/aromatic N) is 1. The fourth-order valence-corrected chi connectivity index (χ4v) is 1.73. The molecule has 2 N–H and O–H groups in total. The summed E-state index contributed by atoms with van der Waals surface area (Å²) < 4.78 is 0. The molecule has 2 unspecified atom stereocenters. The van der Waals surface area contributed by atoms with Crippen LogP contribution in [0.15, 0.2) is 0 Å². The first-order chi connectivity index (χ1) is 6.54. The largest absolute Gasteiger partial charge is 0.329 e. The fraction of sp³-hybridized carbons (Fsp3) is 1.00. The van der Waals surface area contributed by atoms with Gasteiger partial charge < -0.3 is 5.73 Å². The third kappa shape index (κ3) is 4.43. The lowest BCUT2D eigenvalue weighted by molar-refractivity contribution is 0.143. The van der Waals surface area contributed by atoms with Gasteiger partial charge in [0, 0.05) is 18.6 Å². The Morgan fingerprint density at radius 1 is 1.21 bits per heavy atom. The second kappa shape index (κ2) is 7.24. The van der Waals surface area contributed by atoms with Gasteiger partial charge in [0.1, 0.15) is 0 Å². The average molecular weight is 200 g/mol. The lowest BCUT2D eigenvalue weighted by atomic mass is 10.0. The van der Waals surface area contributed by atoms with Crippen molar-refractivity contribution in [3.8, 4) is 0 Å². The van der Waals surface area contributed by atoms with Gasteiger partial charge in [0.05, 0.1) is 0 Å². The molecule has 0 aromatic carbocycles. The van der Waals surface area contributed by atoms with Crippen LogP contribution in [0.1, 0.15) is 47.0 Å². The minimum absolute atomic E-state index is 0.562. The quantitative estimate of drug-likeness (QED) is 0.684. The fourth-order valence-electron chi connectivity index (χ4n) is 1.73. The Kier molecular flexibility index (Phi) is 7.20. The minimum atomic E-state index is 0.562. The standard InChI is InChI=1S/C12H28N2/c1-6-7-8-12(9-13)14(5)11(4)10(2)3/h10-12H,6-9,13H2,1-5H3. The van der Waals surface area contributed by atoms with Crippen molar-refractivity contribution in [3.05, 3.63) is 0 Å². The van der Waals surface area contributed by atoms with E-state index in [4.69, 9.17) is 5.73 Å². The smallest absolute Gasteiger partial charge is 0.0218 e. The summed E-state index contributed by atoms with van der Waals surface area (Å²) in [7, 11) is 2.21. The Hall–Kier alpha value is -0.0800. The molecular weight excluding hydrogens is 172 g/mol. The lowest BCUT2D eigenvalue weighted by Crippen LogP contribution is -2.45. The molecule has 0 amide bonds. The zero-order valence-corrected chi connectivity index (χ0v) is 10.6. The highest BCUT2D eigenvalue weighted by Gasteiger charge is 2.19. The summed E-state index contributed by atoms with van der Waals surface area (Å²) in [5.41, 5.74) is 5.81. The maximum atomic E-state index is 5.81. The normalized spacial score (nSPS) is 16.3. The van der Waals surface area contributed by atoms with Gasteiger partial charge in [-0.2, -0.15) is 0 Å². The van der Waals surface area contributed by atoms with Crippen LogP contribution in [-0.4, -0.2) is 30.6 Å². The van der Waals surface area contributed by atoms with E-state index in [1.165, 1.54) is 19.3 Å². The zero-order valence-electron chi connectivity index (χ0n) is 10.6. The van der Waals surface area contributed by atoms with E-state index in [9.17, 15) is 0 Å². The number of hydrogen-bond donors (Lipinski definition) is 1. The van der Waals surface area contributed by atoms with Crippen LogP contribution in [-0.2, 0) is 0 Å². The van der Waals surface area contributed by atoms with Crippen LogP contribution in [0.4, 0.5) is 0 Å². The van der Waals surface area contributed by atoms with Crippen molar-refractivity contribution in [1.29, 1.82) is 0 Å². The molecule has 0 aromatic heterocycles. The number of nitrogens with two attached hydrogens (primary N) is 1. The van der Waals surface area contributed by atoms with Gasteiger partial charge in [-0.15, -0.1) is 0 Å². The molecule has 0 aliphatic rings. The zero-order chi connectivity index (χ0) is 11.1. The average Bonchev–Trinajstić information content (AvgIpc) is 2.17. The maximum Gasteiger partial charge on any atom is 0.0218 e. The Labute approximate surface area is 89.9 Å². The molecule has 0 saturated carbocycles. The van der Waals surface area contributed by atoms with Crippen LogP contribution in [0.25, 0.3) is 0 Å². The van der Waals surface area contributed by atoms with E-state index in [1.54, 1.807) is 0 Å². The van der Waals surface area contributed by atoms with E-state index in [-0.39, 0.29) is 0 Å². The monoisotopic (exact) mass is 200 g/mol. The molecule has 2 heteroatoms. The Bertz CT molecular complexity index is 134. The van der Waals surface area contributed by atoms with E-state index in [0.717, 1.165) is 6.54 Å². The summed E-state index contributed by atoms with van der Waals surface area (Å²) in [6, 6.07) is 1.19. The molecule has 0 heterocycles. The van der Waals surface area contributed by atoms with Crippen molar-refractivity contribution in [2.75, 3.05) is 13.6 Å². The van der Waals surface area contributed by atoms with Crippen molar-refractivity contribution in [2.45, 2.75) is 59.0 Å². The van der Waals surface area contributed by atoms with E-state index >= 15 is 0 Å². The highest BCUT2D eigenvalue weighted by atomic mass is 15.2. The summed E-state index contributed by atoms with van der Waals surface area (Å²) in [6.45, 7) is 9.86. The van der Waals surface area contributed by atoms with Crippen molar-refractivity contribution >= 4 is 0 Å². The van der Waals surface area contributed by atoms with E-state index < -0.39 is 0 Å². The molecule has 0 aliphatic heterocycles. The first kappa shape index (κ1) is 13.9. The SMILES string of the molecule is CCCCC(CN)N(C)C(C)C(C)C. The Morgan fingerprint density at radius 3 is 2.14 bits per heavy atom. The van der Waals surface area contributed by atoms with E-state index in [0.29, 0.717) is 18.0 Å². The molecule has 2 nitrogen and oxygen atoms in total. The summed E-state index contributed by atoms with van der Waals surface area (Å²) in [5.74, 6) is 0.704. The van der Waals surface area contributed by atoms with Gasteiger partial charge in [0.15, 0.2) is 0 Å². The summed E-state index contributed by atoms with van der Waals surface area (Å²) in [5, 5.41) is 0. The number of unbranched alkanes of at least 4 members (excludes halogenated alkanes) is 1. The van der Waals surface area contributed by atoms with E-state index in [2.05, 4.69) is 39.6 Å². The Balaban J connectivity index is 4.08. The predicted molar refractivity (Wildman–Crippen MR) is 64.4 cm³/mol. The van der Waals surface area contributed by atoms with Crippen molar-refractivity contribution in [3.63, 3.8) is 0 Å². The van der Waals surface area contributed by atoms with E-state index in [1.807, 2.05) is 0 Å². The molecule has 0 aliphatic carbocycles. The van der Waals surface area contributed by atoms with Crippen molar-refractivity contribution in [1.82, 2.24) is 4.90 Å². The van der Waals surface area contributed by atoms with Crippen LogP contribution < -0.4 is 5.73 Å². The van der Waals surface area contributed by atoms with Gasteiger partial charge >= 0.3 is 0 Å². The second-order valence-electron chi connectivity index (χ2n) is 4.68. The van der Waals surface area contributed by atoms with Crippen LogP contribution in [0, 0.1) is 5.92 Å². The highest BCUT2D eigenvalue weighted by molar-refractivity contribution is 4.76. The van der Waals surface area contributed by atoms with Gasteiger partial charge in [-0.25, -0.2) is 0 Å². The lowest BCUT2D eigenvalue weighted by Gasteiger charge is -2.34. The molecule has 0 aromatic rings. The summed E-state index contributed by atoms with van der Waals surface area (Å²) in [4.78, 5) is 2.44. The van der Waals surface area contributed by atoms with Gasteiger partial charge in [-0.1, -0.05) is 33.6 Å². The van der Waals surface area contributed by atoms with Gasteiger partial charge in [0.2, 0.25) is 0 Å². The maximum absolute atomic E-state index is 5.81. The molecule has 0 spiro atoms. The van der Waals surface area contributed by atoms with Gasteiger partial charge in [-0.05, 0) is 26.3 Å².